The van der Waals surface area contributed by atoms with Crippen LogP contribution in [0.25, 0.3) is 0 Å². The lowest BCUT2D eigenvalue weighted by molar-refractivity contribution is 0.0939. The van der Waals surface area contributed by atoms with E-state index in [1.54, 1.807) is 12.4 Å². The Kier molecular flexibility index (Phi) is 6.15. The van der Waals surface area contributed by atoms with Gasteiger partial charge in [0.25, 0.3) is 5.91 Å². The maximum atomic E-state index is 12.4. The summed E-state index contributed by atoms with van der Waals surface area (Å²) in [5.74, 6) is 0.537. The number of nitrogens with zero attached hydrogens (tertiary/aromatic N) is 1. The van der Waals surface area contributed by atoms with Crippen LogP contribution in [0.1, 0.15) is 49.2 Å². The van der Waals surface area contributed by atoms with Crippen LogP contribution in [-0.4, -0.2) is 17.4 Å². The number of carbonyl (C=O) groups is 1. The Morgan fingerprint density at radius 3 is 2.57 bits per heavy atom. The Labute approximate surface area is 138 Å². The molecule has 4 nitrogen and oxygen atoms in total. The van der Waals surface area contributed by atoms with E-state index in [9.17, 15) is 4.79 Å². The van der Waals surface area contributed by atoms with Crippen LogP contribution in [0.3, 0.4) is 0 Å². The van der Waals surface area contributed by atoms with Gasteiger partial charge < -0.3 is 10.6 Å². The van der Waals surface area contributed by atoms with Gasteiger partial charge in [0.2, 0.25) is 0 Å². The molecule has 0 saturated carbocycles. The van der Waals surface area contributed by atoms with Crippen molar-refractivity contribution in [1.82, 2.24) is 10.3 Å². The number of aromatic nitrogens is 1. The first kappa shape index (κ1) is 17.0. The fourth-order valence-corrected chi connectivity index (χ4v) is 2.27. The first-order valence-corrected chi connectivity index (χ1v) is 8.11. The molecule has 23 heavy (non-hydrogen) atoms. The Hall–Kier alpha value is -2.36. The summed E-state index contributed by atoms with van der Waals surface area (Å²) in [5.41, 5.74) is 2.54. The predicted molar refractivity (Wildman–Crippen MR) is 94.5 cm³/mol. The third kappa shape index (κ3) is 5.40. The molecule has 122 valence electrons. The fraction of sp³-hybridized carbons (Fsp3) is 0.368. The minimum atomic E-state index is -0.110. The van der Waals surface area contributed by atoms with E-state index in [0.717, 1.165) is 24.2 Å². The SMILES string of the molecule is CC(C)CCNc1cncc(C(=O)NC(C)c2ccccc2)c1. The number of hydrogen-bond donors (Lipinski definition) is 2. The van der Waals surface area contributed by atoms with Crippen molar-refractivity contribution in [3.8, 4) is 0 Å². The van der Waals surface area contributed by atoms with E-state index in [2.05, 4.69) is 29.5 Å². The summed E-state index contributed by atoms with van der Waals surface area (Å²) >= 11 is 0. The average Bonchev–Trinajstić information content (AvgIpc) is 2.55. The molecule has 1 aromatic heterocycles. The molecular weight excluding hydrogens is 286 g/mol. The molecule has 1 atom stereocenters. The summed E-state index contributed by atoms with van der Waals surface area (Å²) < 4.78 is 0. The summed E-state index contributed by atoms with van der Waals surface area (Å²) in [6.45, 7) is 7.24. The van der Waals surface area contributed by atoms with E-state index >= 15 is 0 Å². The van der Waals surface area contributed by atoms with Crippen LogP contribution in [0.5, 0.6) is 0 Å². The van der Waals surface area contributed by atoms with Gasteiger partial charge >= 0.3 is 0 Å². The summed E-state index contributed by atoms with van der Waals surface area (Å²) in [6, 6.07) is 11.7. The second kappa shape index (κ2) is 8.32. The second-order valence-corrected chi connectivity index (χ2v) is 6.18. The maximum absolute atomic E-state index is 12.4. The molecule has 4 heteroatoms. The quantitative estimate of drug-likeness (QED) is 0.811. The van der Waals surface area contributed by atoms with Crippen LogP contribution >= 0.6 is 0 Å². The Balaban J connectivity index is 1.96. The summed E-state index contributed by atoms with van der Waals surface area (Å²) in [7, 11) is 0. The molecule has 1 unspecified atom stereocenters. The van der Waals surface area contributed by atoms with Crippen LogP contribution in [0.15, 0.2) is 48.8 Å². The zero-order valence-corrected chi connectivity index (χ0v) is 14.0. The summed E-state index contributed by atoms with van der Waals surface area (Å²) in [5, 5.41) is 6.32. The van der Waals surface area contributed by atoms with Crippen LogP contribution < -0.4 is 10.6 Å². The zero-order chi connectivity index (χ0) is 16.7. The lowest BCUT2D eigenvalue weighted by Crippen LogP contribution is -2.26. The monoisotopic (exact) mass is 311 g/mol. The van der Waals surface area contributed by atoms with Gasteiger partial charge in [-0.3, -0.25) is 9.78 Å². The van der Waals surface area contributed by atoms with Gasteiger partial charge in [-0.1, -0.05) is 44.2 Å². The fourth-order valence-electron chi connectivity index (χ4n) is 2.27. The van der Waals surface area contributed by atoms with E-state index in [0.29, 0.717) is 11.5 Å². The normalized spacial score (nSPS) is 12.0. The van der Waals surface area contributed by atoms with Crippen molar-refractivity contribution in [2.45, 2.75) is 33.2 Å². The van der Waals surface area contributed by atoms with Crippen LogP contribution in [0.2, 0.25) is 0 Å². The number of carbonyl (C=O) groups excluding carboxylic acids is 1. The van der Waals surface area contributed by atoms with Gasteiger partial charge in [0.15, 0.2) is 0 Å². The van der Waals surface area contributed by atoms with E-state index in [4.69, 9.17) is 0 Å². The number of hydrogen-bond acceptors (Lipinski definition) is 3. The Morgan fingerprint density at radius 1 is 1.13 bits per heavy atom. The number of amides is 1. The highest BCUT2D eigenvalue weighted by Gasteiger charge is 2.12. The molecule has 0 bridgehead atoms. The Bertz CT molecular complexity index is 626. The van der Waals surface area contributed by atoms with Gasteiger partial charge in [-0.2, -0.15) is 0 Å². The standard InChI is InChI=1S/C19H25N3O/c1-14(2)9-10-21-18-11-17(12-20-13-18)19(23)22-15(3)16-7-5-4-6-8-16/h4-8,11-15,21H,9-10H2,1-3H3,(H,22,23). The van der Waals surface area contributed by atoms with Crippen LogP contribution in [0.4, 0.5) is 5.69 Å². The van der Waals surface area contributed by atoms with Crippen molar-refractivity contribution in [2.24, 2.45) is 5.92 Å². The molecule has 0 fully saturated rings. The molecule has 2 aromatic rings. The lowest BCUT2D eigenvalue weighted by atomic mass is 10.1. The molecule has 0 aliphatic carbocycles. The van der Waals surface area contributed by atoms with Crippen LogP contribution in [0, 0.1) is 5.92 Å². The summed E-state index contributed by atoms with van der Waals surface area (Å²) in [6.07, 6.45) is 4.43. The first-order chi connectivity index (χ1) is 11.1. The third-order valence-corrected chi connectivity index (χ3v) is 3.70. The summed E-state index contributed by atoms with van der Waals surface area (Å²) in [4.78, 5) is 16.5. The van der Waals surface area contributed by atoms with E-state index in [1.165, 1.54) is 0 Å². The predicted octanol–water partition coefficient (Wildman–Crippen LogP) is 4.03. The number of benzene rings is 1. The molecular formula is C19H25N3O. The smallest absolute Gasteiger partial charge is 0.253 e. The maximum Gasteiger partial charge on any atom is 0.253 e. The minimum absolute atomic E-state index is 0.0405. The van der Waals surface area contributed by atoms with Gasteiger partial charge in [0, 0.05) is 18.9 Å². The molecule has 0 spiro atoms. The number of rotatable bonds is 7. The third-order valence-electron chi connectivity index (χ3n) is 3.70. The van der Waals surface area contributed by atoms with Gasteiger partial charge in [-0.25, -0.2) is 0 Å². The van der Waals surface area contributed by atoms with Crippen molar-refractivity contribution >= 4 is 11.6 Å². The number of nitrogens with one attached hydrogen (secondary N) is 2. The highest BCUT2D eigenvalue weighted by Crippen LogP contribution is 2.14. The van der Waals surface area contributed by atoms with E-state index < -0.39 is 0 Å². The molecule has 1 amide bonds. The minimum Gasteiger partial charge on any atom is -0.384 e. The molecule has 2 N–H and O–H groups in total. The molecule has 0 saturated heterocycles. The molecule has 2 rings (SSSR count). The van der Waals surface area contributed by atoms with Crippen molar-refractivity contribution in [3.63, 3.8) is 0 Å². The first-order valence-electron chi connectivity index (χ1n) is 8.11. The van der Waals surface area contributed by atoms with Gasteiger partial charge in [-0.15, -0.1) is 0 Å². The van der Waals surface area contributed by atoms with Crippen LogP contribution in [-0.2, 0) is 0 Å². The highest BCUT2D eigenvalue weighted by atomic mass is 16.1. The molecule has 0 aliphatic rings. The Morgan fingerprint density at radius 2 is 1.87 bits per heavy atom. The highest BCUT2D eigenvalue weighted by molar-refractivity contribution is 5.94. The number of pyridine rings is 1. The average molecular weight is 311 g/mol. The molecule has 1 aromatic carbocycles. The van der Waals surface area contributed by atoms with Gasteiger partial charge in [0.1, 0.15) is 0 Å². The molecule has 1 heterocycles. The topological polar surface area (TPSA) is 54.0 Å². The van der Waals surface area contributed by atoms with Crippen molar-refractivity contribution < 1.29 is 4.79 Å². The van der Waals surface area contributed by atoms with E-state index in [-0.39, 0.29) is 11.9 Å². The van der Waals surface area contributed by atoms with E-state index in [1.807, 2.05) is 43.3 Å². The van der Waals surface area contributed by atoms with Gasteiger partial charge in [0.05, 0.1) is 17.3 Å². The molecule has 0 aliphatic heterocycles. The van der Waals surface area contributed by atoms with Crippen molar-refractivity contribution in [1.29, 1.82) is 0 Å². The van der Waals surface area contributed by atoms with Gasteiger partial charge in [-0.05, 0) is 30.9 Å². The number of anilines is 1. The molecule has 0 radical (unpaired) electrons. The second-order valence-electron chi connectivity index (χ2n) is 6.18. The largest absolute Gasteiger partial charge is 0.384 e. The van der Waals surface area contributed by atoms with Crippen molar-refractivity contribution in [3.05, 3.63) is 59.9 Å². The lowest BCUT2D eigenvalue weighted by Gasteiger charge is -2.15. The van der Waals surface area contributed by atoms with Crippen molar-refractivity contribution in [2.75, 3.05) is 11.9 Å². The zero-order valence-electron chi connectivity index (χ0n) is 14.0.